The van der Waals surface area contributed by atoms with Crippen molar-refractivity contribution < 1.29 is 9.47 Å². The Kier molecular flexibility index (Phi) is 4.79. The van der Waals surface area contributed by atoms with Crippen LogP contribution in [0.1, 0.15) is 11.1 Å². The topological polar surface area (TPSA) is 56.3 Å². The first-order valence-corrected chi connectivity index (χ1v) is 6.87. The molecule has 20 heavy (non-hydrogen) atoms. The van der Waals surface area contributed by atoms with Crippen LogP contribution in [0.2, 0.25) is 0 Å². The highest BCUT2D eigenvalue weighted by Crippen LogP contribution is 2.25. The molecule has 0 bridgehead atoms. The normalized spacial score (nSPS) is 10.2. The summed E-state index contributed by atoms with van der Waals surface area (Å²) in [7, 11) is 3.16. The van der Waals surface area contributed by atoms with Crippen LogP contribution in [0.25, 0.3) is 0 Å². The molecular formula is C14H16BrN3O2. The zero-order valence-electron chi connectivity index (χ0n) is 11.6. The summed E-state index contributed by atoms with van der Waals surface area (Å²) in [6.45, 7) is 2.57. The quantitative estimate of drug-likeness (QED) is 0.907. The van der Waals surface area contributed by atoms with E-state index in [2.05, 4.69) is 37.3 Å². The molecule has 0 saturated carbocycles. The van der Waals surface area contributed by atoms with Gasteiger partial charge in [0, 0.05) is 10.2 Å². The lowest BCUT2D eigenvalue weighted by Gasteiger charge is -2.13. The van der Waals surface area contributed by atoms with Crippen LogP contribution in [0.3, 0.4) is 0 Å². The molecular weight excluding hydrogens is 322 g/mol. The molecule has 0 unspecified atom stereocenters. The van der Waals surface area contributed by atoms with Gasteiger partial charge in [0.2, 0.25) is 11.8 Å². The van der Waals surface area contributed by atoms with Crippen molar-refractivity contribution >= 4 is 21.6 Å². The molecule has 0 aliphatic heterocycles. The fraction of sp³-hybridized carbons (Fsp3) is 0.286. The SMILES string of the molecule is COc1ncnc(OC)c1CNc1ccc(Br)c(C)c1. The first kappa shape index (κ1) is 14.6. The molecule has 0 spiro atoms. The van der Waals surface area contributed by atoms with Gasteiger partial charge in [0.1, 0.15) is 6.33 Å². The van der Waals surface area contributed by atoms with Gasteiger partial charge in [0.15, 0.2) is 0 Å². The van der Waals surface area contributed by atoms with E-state index in [0.717, 1.165) is 15.7 Å². The van der Waals surface area contributed by atoms with Gasteiger partial charge in [-0.3, -0.25) is 0 Å². The summed E-state index contributed by atoms with van der Waals surface area (Å²) in [6.07, 6.45) is 1.42. The standard InChI is InChI=1S/C14H16BrN3O2/c1-9-6-10(4-5-12(9)15)16-7-11-13(19-2)17-8-18-14(11)20-3/h4-6,8,16H,7H2,1-3H3. The Bertz CT molecular complexity index is 583. The summed E-state index contributed by atoms with van der Waals surface area (Å²) >= 11 is 3.48. The maximum Gasteiger partial charge on any atom is 0.225 e. The number of nitrogens with one attached hydrogen (secondary N) is 1. The van der Waals surface area contributed by atoms with Crippen LogP contribution in [-0.2, 0) is 6.54 Å². The molecule has 0 aliphatic rings. The summed E-state index contributed by atoms with van der Waals surface area (Å²) in [5, 5.41) is 3.32. The molecule has 1 N–H and O–H groups in total. The van der Waals surface area contributed by atoms with Crippen molar-refractivity contribution in [3.05, 3.63) is 40.1 Å². The molecule has 5 nitrogen and oxygen atoms in total. The summed E-state index contributed by atoms with van der Waals surface area (Å²) in [4.78, 5) is 8.18. The van der Waals surface area contributed by atoms with Gasteiger partial charge < -0.3 is 14.8 Å². The van der Waals surface area contributed by atoms with Crippen molar-refractivity contribution in [2.24, 2.45) is 0 Å². The number of anilines is 1. The number of halogens is 1. The highest BCUT2D eigenvalue weighted by molar-refractivity contribution is 9.10. The number of hydrogen-bond acceptors (Lipinski definition) is 5. The summed E-state index contributed by atoms with van der Waals surface area (Å²) in [6, 6.07) is 6.07. The minimum absolute atomic E-state index is 0.512. The molecule has 0 radical (unpaired) electrons. The van der Waals surface area contributed by atoms with Crippen LogP contribution in [0.5, 0.6) is 11.8 Å². The van der Waals surface area contributed by atoms with Crippen molar-refractivity contribution in [2.75, 3.05) is 19.5 Å². The summed E-state index contributed by atoms with van der Waals surface area (Å²) < 4.78 is 11.6. The van der Waals surface area contributed by atoms with E-state index >= 15 is 0 Å². The van der Waals surface area contributed by atoms with E-state index in [9.17, 15) is 0 Å². The van der Waals surface area contributed by atoms with Crippen molar-refractivity contribution in [3.8, 4) is 11.8 Å². The van der Waals surface area contributed by atoms with Gasteiger partial charge in [-0.1, -0.05) is 15.9 Å². The Labute approximate surface area is 126 Å². The monoisotopic (exact) mass is 337 g/mol. The minimum atomic E-state index is 0.512. The molecule has 2 rings (SSSR count). The van der Waals surface area contributed by atoms with Crippen LogP contribution in [0, 0.1) is 6.92 Å². The second-order valence-corrected chi connectivity index (χ2v) is 5.04. The van der Waals surface area contributed by atoms with Gasteiger partial charge in [-0.05, 0) is 30.7 Å². The van der Waals surface area contributed by atoms with E-state index in [-0.39, 0.29) is 0 Å². The minimum Gasteiger partial charge on any atom is -0.481 e. The lowest BCUT2D eigenvalue weighted by molar-refractivity contribution is 0.363. The average Bonchev–Trinajstić information content (AvgIpc) is 2.48. The van der Waals surface area contributed by atoms with Gasteiger partial charge in [0.05, 0.1) is 26.3 Å². The van der Waals surface area contributed by atoms with Gasteiger partial charge in [-0.15, -0.1) is 0 Å². The Morgan fingerprint density at radius 3 is 2.35 bits per heavy atom. The molecule has 1 aromatic heterocycles. The number of ether oxygens (including phenoxy) is 2. The number of aromatic nitrogens is 2. The van der Waals surface area contributed by atoms with Gasteiger partial charge in [-0.2, -0.15) is 0 Å². The van der Waals surface area contributed by atoms with Crippen LogP contribution in [0.4, 0.5) is 5.69 Å². The number of hydrogen-bond donors (Lipinski definition) is 1. The second kappa shape index (κ2) is 6.56. The maximum atomic E-state index is 5.24. The van der Waals surface area contributed by atoms with Crippen LogP contribution in [0.15, 0.2) is 29.0 Å². The molecule has 6 heteroatoms. The summed E-state index contributed by atoms with van der Waals surface area (Å²) in [5.74, 6) is 1.02. The van der Waals surface area contributed by atoms with E-state index < -0.39 is 0 Å². The molecule has 1 aromatic carbocycles. The zero-order valence-corrected chi connectivity index (χ0v) is 13.2. The van der Waals surface area contributed by atoms with Crippen LogP contribution >= 0.6 is 15.9 Å². The Balaban J connectivity index is 2.19. The number of benzene rings is 1. The molecule has 0 aliphatic carbocycles. The fourth-order valence-corrected chi connectivity index (χ4v) is 2.08. The molecule has 106 valence electrons. The predicted octanol–water partition coefficient (Wildman–Crippen LogP) is 3.18. The number of rotatable bonds is 5. The molecule has 0 amide bonds. The van der Waals surface area contributed by atoms with Crippen molar-refractivity contribution in [1.29, 1.82) is 0 Å². The number of methoxy groups -OCH3 is 2. The maximum absolute atomic E-state index is 5.24. The van der Waals surface area contributed by atoms with Crippen molar-refractivity contribution in [2.45, 2.75) is 13.5 Å². The van der Waals surface area contributed by atoms with E-state index in [1.54, 1.807) is 14.2 Å². The predicted molar refractivity (Wildman–Crippen MR) is 81.3 cm³/mol. The van der Waals surface area contributed by atoms with Crippen molar-refractivity contribution in [1.82, 2.24) is 9.97 Å². The van der Waals surface area contributed by atoms with Crippen LogP contribution < -0.4 is 14.8 Å². The molecule has 1 heterocycles. The lowest BCUT2D eigenvalue weighted by Crippen LogP contribution is -2.06. The molecule has 0 atom stereocenters. The average molecular weight is 338 g/mol. The molecule has 0 fully saturated rings. The highest BCUT2D eigenvalue weighted by atomic mass is 79.9. The van der Waals surface area contributed by atoms with Gasteiger partial charge >= 0.3 is 0 Å². The largest absolute Gasteiger partial charge is 0.481 e. The van der Waals surface area contributed by atoms with E-state index in [1.807, 2.05) is 19.1 Å². The third-order valence-electron chi connectivity index (χ3n) is 2.88. The Morgan fingerprint density at radius 1 is 1.15 bits per heavy atom. The zero-order chi connectivity index (χ0) is 14.5. The number of nitrogens with zero attached hydrogens (tertiary/aromatic N) is 2. The lowest BCUT2D eigenvalue weighted by atomic mass is 10.2. The summed E-state index contributed by atoms with van der Waals surface area (Å²) in [5.41, 5.74) is 2.97. The molecule has 0 saturated heterocycles. The smallest absolute Gasteiger partial charge is 0.225 e. The third-order valence-corrected chi connectivity index (χ3v) is 3.77. The van der Waals surface area contributed by atoms with E-state index in [0.29, 0.717) is 18.3 Å². The van der Waals surface area contributed by atoms with E-state index in [1.165, 1.54) is 11.9 Å². The van der Waals surface area contributed by atoms with E-state index in [4.69, 9.17) is 9.47 Å². The first-order chi connectivity index (χ1) is 9.65. The fourth-order valence-electron chi connectivity index (χ4n) is 1.83. The third kappa shape index (κ3) is 3.19. The van der Waals surface area contributed by atoms with Crippen molar-refractivity contribution in [3.63, 3.8) is 0 Å². The highest BCUT2D eigenvalue weighted by Gasteiger charge is 2.12. The first-order valence-electron chi connectivity index (χ1n) is 6.07. The van der Waals surface area contributed by atoms with Gasteiger partial charge in [0.25, 0.3) is 0 Å². The number of aryl methyl sites for hydroxylation is 1. The van der Waals surface area contributed by atoms with Crippen LogP contribution in [-0.4, -0.2) is 24.2 Å². The second-order valence-electron chi connectivity index (χ2n) is 4.19. The molecule has 2 aromatic rings. The Morgan fingerprint density at radius 2 is 1.80 bits per heavy atom. The van der Waals surface area contributed by atoms with Gasteiger partial charge in [-0.25, -0.2) is 9.97 Å². The Hall–Kier alpha value is -1.82.